The zero-order valence-corrected chi connectivity index (χ0v) is 23.0. The van der Waals surface area contributed by atoms with Crippen LogP contribution in [0.25, 0.3) is 10.9 Å². The second-order valence-corrected chi connectivity index (χ2v) is 11.5. The van der Waals surface area contributed by atoms with Gasteiger partial charge in [-0.15, -0.1) is 0 Å². The monoisotopic (exact) mass is 579 g/mol. The van der Waals surface area contributed by atoms with Gasteiger partial charge in [0.2, 0.25) is 0 Å². The van der Waals surface area contributed by atoms with E-state index >= 15 is 0 Å². The highest BCUT2D eigenvalue weighted by Crippen LogP contribution is 2.30. The van der Waals surface area contributed by atoms with E-state index in [0.717, 1.165) is 31.7 Å². The van der Waals surface area contributed by atoms with E-state index in [0.29, 0.717) is 22.3 Å². The van der Waals surface area contributed by atoms with Gasteiger partial charge in [-0.05, 0) is 55.3 Å². The molecule has 4 aromatic rings. The predicted molar refractivity (Wildman–Crippen MR) is 155 cm³/mol. The molecule has 2 atom stereocenters. The van der Waals surface area contributed by atoms with E-state index in [1.54, 1.807) is 36.4 Å². The minimum Gasteiger partial charge on any atom is -0.497 e. The van der Waals surface area contributed by atoms with Crippen molar-refractivity contribution in [2.24, 2.45) is 11.5 Å². The van der Waals surface area contributed by atoms with E-state index in [-0.39, 0.29) is 39.9 Å². The molecular weight excluding hydrogens is 549 g/mol. The summed E-state index contributed by atoms with van der Waals surface area (Å²) in [5.74, 6) is -1.03. The zero-order chi connectivity index (χ0) is 29.1. The van der Waals surface area contributed by atoms with Crippen LogP contribution in [0.15, 0.2) is 65.7 Å². The first-order valence-corrected chi connectivity index (χ1v) is 14.5. The van der Waals surface area contributed by atoms with Gasteiger partial charge in [-0.1, -0.05) is 25.0 Å². The molecule has 11 nitrogen and oxygen atoms in total. The Labute approximate surface area is 236 Å². The third kappa shape index (κ3) is 6.15. The number of para-hydroxylation sites is 1. The minimum atomic E-state index is -3.90. The standard InChI is InChI=1S/C28H30FN7O4S/c1-40-18-9-11-19(12-10-18)41(38,39)36-24-8-4-5-16-13-17(15-32-25(16)24)33-27-20(26(31)37)14-21(29)28(35-27)34-23-7-3-2-6-22(23)30/h4-5,8-15,22-23,36H,2-3,6-7,30H2,1H3,(H2,31,37)(H2,33,34,35). The third-order valence-corrected chi connectivity index (χ3v) is 8.35. The molecule has 1 amide bonds. The van der Waals surface area contributed by atoms with Gasteiger partial charge in [0.05, 0.1) is 40.7 Å². The number of carbonyl (C=O) groups excluding carboxylic acids is 1. The van der Waals surface area contributed by atoms with Gasteiger partial charge in [-0.3, -0.25) is 14.5 Å². The summed E-state index contributed by atoms with van der Waals surface area (Å²) in [5.41, 5.74) is 12.7. The Bertz CT molecular complexity index is 1700. The first-order chi connectivity index (χ1) is 19.6. The maximum Gasteiger partial charge on any atom is 0.261 e. The maximum absolute atomic E-state index is 14.9. The van der Waals surface area contributed by atoms with Crippen molar-refractivity contribution in [1.82, 2.24) is 9.97 Å². The Morgan fingerprint density at radius 2 is 1.83 bits per heavy atom. The highest BCUT2D eigenvalue weighted by atomic mass is 32.2. The van der Waals surface area contributed by atoms with Crippen LogP contribution in [0.4, 0.5) is 27.4 Å². The molecule has 7 N–H and O–H groups in total. The van der Waals surface area contributed by atoms with Gasteiger partial charge in [-0.2, -0.15) is 0 Å². The lowest BCUT2D eigenvalue weighted by Gasteiger charge is -2.30. The number of hydrogen-bond acceptors (Lipinski definition) is 9. The van der Waals surface area contributed by atoms with Crippen LogP contribution in [-0.2, 0) is 10.0 Å². The highest BCUT2D eigenvalue weighted by Gasteiger charge is 2.25. The Balaban J connectivity index is 1.43. The number of anilines is 4. The molecule has 0 saturated heterocycles. The van der Waals surface area contributed by atoms with E-state index < -0.39 is 21.7 Å². The van der Waals surface area contributed by atoms with E-state index in [1.165, 1.54) is 25.4 Å². The van der Waals surface area contributed by atoms with E-state index in [4.69, 9.17) is 16.2 Å². The predicted octanol–water partition coefficient (Wildman–Crippen LogP) is 4.10. The molecule has 0 aliphatic heterocycles. The van der Waals surface area contributed by atoms with Crippen molar-refractivity contribution in [3.8, 4) is 5.75 Å². The van der Waals surface area contributed by atoms with E-state index in [1.807, 2.05) is 0 Å². The molecule has 0 spiro atoms. The summed E-state index contributed by atoms with van der Waals surface area (Å²) in [4.78, 5) is 20.9. The number of benzene rings is 2. The molecule has 1 saturated carbocycles. The lowest BCUT2D eigenvalue weighted by molar-refractivity contribution is 0.100. The van der Waals surface area contributed by atoms with Gasteiger partial charge in [0.25, 0.3) is 15.9 Å². The molecular formula is C28H30FN7O4S. The molecule has 1 aliphatic carbocycles. The molecule has 2 heterocycles. The first kappa shape index (κ1) is 28.1. The fourth-order valence-electron chi connectivity index (χ4n) is 4.79. The highest BCUT2D eigenvalue weighted by molar-refractivity contribution is 7.92. The number of nitrogens with two attached hydrogens (primary N) is 2. The second-order valence-electron chi connectivity index (χ2n) is 9.79. The largest absolute Gasteiger partial charge is 0.497 e. The number of ether oxygens (including phenoxy) is 1. The summed E-state index contributed by atoms with van der Waals surface area (Å²) in [6.45, 7) is 0. The summed E-state index contributed by atoms with van der Waals surface area (Å²) < 4.78 is 48.5. The van der Waals surface area contributed by atoms with E-state index in [2.05, 4.69) is 25.3 Å². The van der Waals surface area contributed by atoms with Crippen molar-refractivity contribution >= 4 is 49.8 Å². The molecule has 41 heavy (non-hydrogen) atoms. The summed E-state index contributed by atoms with van der Waals surface area (Å²) in [5, 5.41) is 6.68. The van der Waals surface area contributed by atoms with Crippen LogP contribution in [-0.4, -0.2) is 43.5 Å². The number of primary amides is 1. The fraction of sp³-hybridized carbons (Fsp3) is 0.250. The van der Waals surface area contributed by atoms with Crippen LogP contribution in [0.3, 0.4) is 0 Å². The average Bonchev–Trinajstić information content (AvgIpc) is 2.95. The summed E-state index contributed by atoms with van der Waals surface area (Å²) in [7, 11) is -2.41. The minimum absolute atomic E-state index is 0.0381. The van der Waals surface area contributed by atoms with Crippen molar-refractivity contribution in [3.05, 3.63) is 72.2 Å². The number of sulfonamides is 1. The van der Waals surface area contributed by atoms with Gasteiger partial charge in [-0.25, -0.2) is 17.8 Å². The molecule has 5 rings (SSSR count). The third-order valence-electron chi connectivity index (χ3n) is 6.97. The van der Waals surface area contributed by atoms with Crippen molar-refractivity contribution in [1.29, 1.82) is 0 Å². The molecule has 13 heteroatoms. The molecule has 0 radical (unpaired) electrons. The van der Waals surface area contributed by atoms with Gasteiger partial charge < -0.3 is 26.8 Å². The second kappa shape index (κ2) is 11.6. The van der Waals surface area contributed by atoms with Crippen molar-refractivity contribution in [2.45, 2.75) is 42.7 Å². The Morgan fingerprint density at radius 3 is 2.54 bits per heavy atom. The lowest BCUT2D eigenvalue weighted by Crippen LogP contribution is -2.43. The molecule has 1 fully saturated rings. The Hall–Kier alpha value is -4.49. The van der Waals surface area contributed by atoms with Crippen molar-refractivity contribution < 1.29 is 22.3 Å². The number of halogens is 1. The van der Waals surface area contributed by atoms with Gasteiger partial charge in [0, 0.05) is 17.5 Å². The molecule has 2 unspecified atom stereocenters. The van der Waals surface area contributed by atoms with Crippen LogP contribution in [0.1, 0.15) is 36.0 Å². The zero-order valence-electron chi connectivity index (χ0n) is 22.2. The fourth-order valence-corrected chi connectivity index (χ4v) is 5.86. The van der Waals surface area contributed by atoms with Gasteiger partial charge in [0.15, 0.2) is 11.6 Å². The Morgan fingerprint density at radius 1 is 1.07 bits per heavy atom. The number of nitrogens with one attached hydrogen (secondary N) is 3. The number of carbonyl (C=O) groups is 1. The molecule has 2 aromatic carbocycles. The van der Waals surface area contributed by atoms with Crippen LogP contribution >= 0.6 is 0 Å². The van der Waals surface area contributed by atoms with Crippen LogP contribution < -0.4 is 31.6 Å². The SMILES string of the molecule is COc1ccc(S(=O)(=O)Nc2cccc3cc(Nc4nc(NC5CCCCC5N)c(F)cc4C(N)=O)cnc23)cc1. The number of methoxy groups -OCH3 is 1. The summed E-state index contributed by atoms with van der Waals surface area (Å²) >= 11 is 0. The smallest absolute Gasteiger partial charge is 0.261 e. The van der Waals surface area contributed by atoms with Gasteiger partial charge >= 0.3 is 0 Å². The van der Waals surface area contributed by atoms with Gasteiger partial charge in [0.1, 0.15) is 11.6 Å². The topological polar surface area (TPSA) is 174 Å². The van der Waals surface area contributed by atoms with Crippen molar-refractivity contribution in [3.63, 3.8) is 0 Å². The molecule has 2 aromatic heterocycles. The maximum atomic E-state index is 14.9. The number of amides is 1. The average molecular weight is 580 g/mol. The quantitative estimate of drug-likeness (QED) is 0.195. The normalized spacial score (nSPS) is 17.1. The number of nitrogens with zero attached hydrogens (tertiary/aromatic N) is 2. The number of fused-ring (bicyclic) bond motifs is 1. The molecule has 214 valence electrons. The number of pyridine rings is 2. The first-order valence-electron chi connectivity index (χ1n) is 13.0. The molecule has 1 aliphatic rings. The van der Waals surface area contributed by atoms with Crippen molar-refractivity contribution in [2.75, 3.05) is 22.5 Å². The van der Waals surface area contributed by atoms with Crippen LogP contribution in [0, 0.1) is 5.82 Å². The Kier molecular flexibility index (Phi) is 7.90. The van der Waals surface area contributed by atoms with Crippen LogP contribution in [0.2, 0.25) is 0 Å². The number of aromatic nitrogens is 2. The lowest BCUT2D eigenvalue weighted by atomic mass is 9.91. The molecule has 0 bridgehead atoms. The van der Waals surface area contributed by atoms with Crippen LogP contribution in [0.5, 0.6) is 5.75 Å². The van der Waals surface area contributed by atoms with E-state index in [9.17, 15) is 17.6 Å². The number of rotatable bonds is 9. The summed E-state index contributed by atoms with van der Waals surface area (Å²) in [6, 6.07) is 13.5. The number of hydrogen-bond donors (Lipinski definition) is 5. The summed E-state index contributed by atoms with van der Waals surface area (Å²) in [6.07, 6.45) is 5.04.